The van der Waals surface area contributed by atoms with Gasteiger partial charge in [0.1, 0.15) is 6.04 Å². The quantitative estimate of drug-likeness (QED) is 0.871. The second kappa shape index (κ2) is 6.08. The number of halogens is 4. The molecule has 6 heteroatoms. The Morgan fingerprint density at radius 1 is 1.19 bits per heavy atom. The zero-order valence-corrected chi connectivity index (χ0v) is 9.13. The van der Waals surface area contributed by atoms with Crippen LogP contribution in [0.25, 0.3) is 0 Å². The normalized spacial score (nSPS) is 15.1. The molecule has 1 rings (SSSR count). The lowest BCUT2D eigenvalue weighted by molar-refractivity contribution is -0.153. The van der Waals surface area contributed by atoms with Crippen LogP contribution in [0.4, 0.5) is 13.2 Å². The van der Waals surface area contributed by atoms with Crippen molar-refractivity contribution < 1.29 is 18.3 Å². The van der Waals surface area contributed by atoms with Crippen molar-refractivity contribution >= 4 is 12.4 Å². The minimum absolute atomic E-state index is 0. The largest absolute Gasteiger partial charge is 0.403 e. The van der Waals surface area contributed by atoms with Crippen molar-refractivity contribution in [2.45, 2.75) is 24.7 Å². The highest BCUT2D eigenvalue weighted by Gasteiger charge is 2.37. The Bertz CT molecular complexity index is 305. The summed E-state index contributed by atoms with van der Waals surface area (Å²) in [5, 5.41) is 9.47. The van der Waals surface area contributed by atoms with E-state index in [0.717, 1.165) is 0 Å². The second-order valence-corrected chi connectivity index (χ2v) is 3.31. The Labute approximate surface area is 97.7 Å². The van der Waals surface area contributed by atoms with Gasteiger partial charge in [-0.05, 0) is 5.56 Å². The second-order valence-electron chi connectivity index (χ2n) is 3.31. The van der Waals surface area contributed by atoms with Gasteiger partial charge in [-0.3, -0.25) is 0 Å². The van der Waals surface area contributed by atoms with Crippen molar-refractivity contribution in [1.82, 2.24) is 0 Å². The van der Waals surface area contributed by atoms with Crippen molar-refractivity contribution in [2.24, 2.45) is 5.73 Å². The molecule has 2 atom stereocenters. The van der Waals surface area contributed by atoms with Gasteiger partial charge >= 0.3 is 6.18 Å². The average molecular weight is 256 g/mol. The molecule has 16 heavy (non-hydrogen) atoms. The molecule has 0 saturated heterocycles. The number of alkyl halides is 3. The lowest BCUT2D eigenvalue weighted by Gasteiger charge is -2.19. The number of rotatable bonds is 3. The van der Waals surface area contributed by atoms with Crippen LogP contribution in [-0.4, -0.2) is 17.3 Å². The van der Waals surface area contributed by atoms with Crippen LogP contribution in [0.1, 0.15) is 18.1 Å². The molecule has 0 saturated carbocycles. The summed E-state index contributed by atoms with van der Waals surface area (Å²) < 4.78 is 36.3. The number of hydrogen-bond donors (Lipinski definition) is 2. The average Bonchev–Trinajstić information content (AvgIpc) is 2.17. The molecule has 0 fully saturated rings. The first-order valence-corrected chi connectivity index (χ1v) is 4.46. The fourth-order valence-electron chi connectivity index (χ4n) is 1.19. The van der Waals surface area contributed by atoms with E-state index >= 15 is 0 Å². The van der Waals surface area contributed by atoms with Crippen molar-refractivity contribution in [1.29, 1.82) is 0 Å². The SMILES string of the molecule is Cl.N[C@H](C[C@H](O)c1ccccc1)C(F)(F)F. The summed E-state index contributed by atoms with van der Waals surface area (Å²) >= 11 is 0. The Hall–Kier alpha value is -0.780. The third-order valence-corrected chi connectivity index (χ3v) is 2.08. The van der Waals surface area contributed by atoms with E-state index in [1.54, 1.807) is 30.3 Å². The van der Waals surface area contributed by atoms with Crippen molar-refractivity contribution in [2.75, 3.05) is 0 Å². The summed E-state index contributed by atoms with van der Waals surface area (Å²) in [4.78, 5) is 0. The van der Waals surface area contributed by atoms with E-state index in [1.807, 2.05) is 0 Å². The molecule has 92 valence electrons. The van der Waals surface area contributed by atoms with Crippen LogP contribution in [0.3, 0.4) is 0 Å². The van der Waals surface area contributed by atoms with Gasteiger partial charge in [-0.15, -0.1) is 12.4 Å². The van der Waals surface area contributed by atoms with Gasteiger partial charge in [-0.1, -0.05) is 30.3 Å². The lowest BCUT2D eigenvalue weighted by Crippen LogP contribution is -2.38. The minimum Gasteiger partial charge on any atom is -0.388 e. The lowest BCUT2D eigenvalue weighted by atomic mass is 10.0. The molecule has 3 N–H and O–H groups in total. The third-order valence-electron chi connectivity index (χ3n) is 2.08. The monoisotopic (exact) mass is 255 g/mol. The topological polar surface area (TPSA) is 46.2 Å². The van der Waals surface area contributed by atoms with E-state index in [1.165, 1.54) is 0 Å². The number of nitrogens with two attached hydrogens (primary N) is 1. The Morgan fingerprint density at radius 3 is 2.12 bits per heavy atom. The molecule has 0 radical (unpaired) electrons. The van der Waals surface area contributed by atoms with Gasteiger partial charge in [-0.2, -0.15) is 13.2 Å². The van der Waals surface area contributed by atoms with E-state index in [2.05, 4.69) is 0 Å². The maximum absolute atomic E-state index is 12.1. The molecule has 0 aromatic heterocycles. The van der Waals surface area contributed by atoms with Crippen LogP contribution >= 0.6 is 12.4 Å². The number of aliphatic hydroxyl groups excluding tert-OH is 1. The van der Waals surface area contributed by atoms with E-state index < -0.39 is 24.7 Å². The molecule has 0 spiro atoms. The highest BCUT2D eigenvalue weighted by atomic mass is 35.5. The fraction of sp³-hybridized carbons (Fsp3) is 0.400. The van der Waals surface area contributed by atoms with Crippen molar-refractivity contribution in [3.8, 4) is 0 Å². The summed E-state index contributed by atoms with van der Waals surface area (Å²) in [6.07, 6.45) is -6.16. The van der Waals surface area contributed by atoms with Gasteiger partial charge in [-0.25, -0.2) is 0 Å². The molecule has 2 nitrogen and oxygen atoms in total. The van der Waals surface area contributed by atoms with Gasteiger partial charge in [0, 0.05) is 6.42 Å². The molecule has 0 amide bonds. The van der Waals surface area contributed by atoms with Gasteiger partial charge < -0.3 is 10.8 Å². The predicted molar refractivity (Wildman–Crippen MR) is 57.3 cm³/mol. The number of benzene rings is 1. The zero-order chi connectivity index (χ0) is 11.5. The van der Waals surface area contributed by atoms with Gasteiger partial charge in [0.05, 0.1) is 6.10 Å². The molecule has 0 aliphatic heterocycles. The van der Waals surface area contributed by atoms with Crippen molar-refractivity contribution in [3.63, 3.8) is 0 Å². The minimum atomic E-state index is -4.46. The maximum atomic E-state index is 12.1. The molecule has 1 aromatic carbocycles. The Balaban J connectivity index is 0.00000225. The third kappa shape index (κ3) is 4.38. The van der Waals surface area contributed by atoms with E-state index in [0.29, 0.717) is 5.56 Å². The molecule has 0 aliphatic rings. The molecular formula is C10H13ClF3NO. The first-order valence-electron chi connectivity index (χ1n) is 4.46. The number of hydrogen-bond acceptors (Lipinski definition) is 2. The first-order chi connectivity index (χ1) is 6.91. The molecule has 0 bridgehead atoms. The zero-order valence-electron chi connectivity index (χ0n) is 8.32. The molecule has 0 heterocycles. The fourth-order valence-corrected chi connectivity index (χ4v) is 1.19. The van der Waals surface area contributed by atoms with Crippen molar-refractivity contribution in [3.05, 3.63) is 35.9 Å². The first kappa shape index (κ1) is 15.2. The van der Waals surface area contributed by atoms with E-state index in [-0.39, 0.29) is 12.4 Å². The predicted octanol–water partition coefficient (Wildman–Crippen LogP) is 2.42. The number of aliphatic hydroxyl groups is 1. The van der Waals surface area contributed by atoms with Crippen LogP contribution < -0.4 is 5.73 Å². The van der Waals surface area contributed by atoms with Gasteiger partial charge in [0.2, 0.25) is 0 Å². The Morgan fingerprint density at radius 2 is 1.69 bits per heavy atom. The molecular weight excluding hydrogens is 243 g/mol. The highest BCUT2D eigenvalue weighted by Crippen LogP contribution is 2.26. The summed E-state index contributed by atoms with van der Waals surface area (Å²) in [6, 6.07) is 6.16. The van der Waals surface area contributed by atoms with Gasteiger partial charge in [0.15, 0.2) is 0 Å². The smallest absolute Gasteiger partial charge is 0.388 e. The molecule has 1 aromatic rings. The summed E-state index contributed by atoms with van der Waals surface area (Å²) in [7, 11) is 0. The van der Waals surface area contributed by atoms with E-state index in [4.69, 9.17) is 5.73 Å². The van der Waals surface area contributed by atoms with Crippen LogP contribution in [0, 0.1) is 0 Å². The Kier molecular flexibility index (Phi) is 5.78. The standard InChI is InChI=1S/C10H12F3NO.ClH/c11-10(12,13)9(14)6-8(15)7-4-2-1-3-5-7;/h1-5,8-9,15H,6,14H2;1H/t8-,9+;/m0./s1. The van der Waals surface area contributed by atoms with Crippen LogP contribution in [0.15, 0.2) is 30.3 Å². The summed E-state index contributed by atoms with van der Waals surface area (Å²) in [6.45, 7) is 0. The van der Waals surface area contributed by atoms with Gasteiger partial charge in [0.25, 0.3) is 0 Å². The summed E-state index contributed by atoms with van der Waals surface area (Å²) in [5.74, 6) is 0. The highest BCUT2D eigenvalue weighted by molar-refractivity contribution is 5.85. The van der Waals surface area contributed by atoms with Crippen LogP contribution in [0.5, 0.6) is 0 Å². The van der Waals surface area contributed by atoms with Crippen LogP contribution in [0.2, 0.25) is 0 Å². The van der Waals surface area contributed by atoms with E-state index in [9.17, 15) is 18.3 Å². The maximum Gasteiger partial charge on any atom is 0.403 e. The molecule has 0 aliphatic carbocycles. The summed E-state index contributed by atoms with van der Waals surface area (Å²) in [5.41, 5.74) is 5.35. The van der Waals surface area contributed by atoms with Crippen LogP contribution in [-0.2, 0) is 0 Å². The molecule has 0 unspecified atom stereocenters.